The number of amides is 1. The number of benzene rings is 3. The van der Waals surface area contributed by atoms with Gasteiger partial charge < -0.3 is 53.4 Å². The molecule has 1 saturated heterocycles. The zero-order valence-electron chi connectivity index (χ0n) is 59.8. The molecule has 20 heteroatoms. The molecule has 540 valence electrons. The Morgan fingerprint density at radius 1 is 0.730 bits per heavy atom. The van der Waals surface area contributed by atoms with Gasteiger partial charge in [0.1, 0.15) is 36.1 Å². The first-order valence-corrected chi connectivity index (χ1v) is 36.1. The van der Waals surface area contributed by atoms with Gasteiger partial charge in [-0.3, -0.25) is 28.8 Å². The largest absolute Gasteiger partial charge is 0.462 e. The summed E-state index contributed by atoms with van der Waals surface area (Å²) in [7, 11) is 0. The molecule has 3 aromatic carbocycles. The molecule has 0 spiro atoms. The van der Waals surface area contributed by atoms with Gasteiger partial charge in [0, 0.05) is 44.1 Å². The van der Waals surface area contributed by atoms with Crippen LogP contribution in [-0.4, -0.2) is 131 Å². The van der Waals surface area contributed by atoms with Crippen LogP contribution >= 0.6 is 0 Å². The molecule has 1 aliphatic heterocycles. The zero-order valence-corrected chi connectivity index (χ0v) is 59.8. The topological polar surface area (TPSA) is 280 Å². The van der Waals surface area contributed by atoms with Crippen LogP contribution in [0, 0.1) is 63.1 Å². The predicted molar refractivity (Wildman–Crippen MR) is 365 cm³/mol. The lowest BCUT2D eigenvalue weighted by atomic mass is 9.44. The highest BCUT2D eigenvalue weighted by Gasteiger charge is 2.78. The zero-order chi connectivity index (χ0) is 72.0. The van der Waals surface area contributed by atoms with Crippen molar-refractivity contribution in [2.24, 2.45) is 63.1 Å². The maximum atomic E-state index is 16.0. The monoisotopic (exact) mass is 1380 g/mol. The highest BCUT2D eigenvalue weighted by atomic mass is 16.6. The van der Waals surface area contributed by atoms with Crippen molar-refractivity contribution in [1.82, 2.24) is 5.32 Å². The second-order valence-corrected chi connectivity index (χ2v) is 31.6. The van der Waals surface area contributed by atoms with Crippen molar-refractivity contribution in [3.8, 4) is 0 Å². The minimum atomic E-state index is -2.54. The maximum Gasteiger partial charge on any atom is 0.350 e. The van der Waals surface area contributed by atoms with Crippen molar-refractivity contribution in [2.45, 2.75) is 232 Å². The van der Waals surface area contributed by atoms with Crippen molar-refractivity contribution in [3.63, 3.8) is 0 Å². The molecule has 5 saturated carbocycles. The van der Waals surface area contributed by atoms with E-state index >= 15 is 9.59 Å². The number of ketones is 1. The van der Waals surface area contributed by atoms with Crippen LogP contribution in [0.3, 0.4) is 0 Å². The van der Waals surface area contributed by atoms with Crippen LogP contribution in [-0.2, 0) is 71.5 Å². The summed E-state index contributed by atoms with van der Waals surface area (Å²) in [6.07, 6.45) is 2.15. The molecule has 1 heterocycles. The number of fused-ring (bicyclic) bond motifs is 10. The Labute approximate surface area is 586 Å². The van der Waals surface area contributed by atoms with Crippen molar-refractivity contribution in [1.29, 1.82) is 0 Å². The predicted octanol–water partition coefficient (Wildman–Crippen LogP) is 11.6. The van der Waals surface area contributed by atoms with E-state index in [9.17, 15) is 43.8 Å². The van der Waals surface area contributed by atoms with Gasteiger partial charge in [-0.25, -0.2) is 14.4 Å². The summed E-state index contributed by atoms with van der Waals surface area (Å²) in [6, 6.07) is 22.2. The van der Waals surface area contributed by atoms with Gasteiger partial charge >= 0.3 is 41.8 Å². The molecule has 3 aromatic rings. The van der Waals surface area contributed by atoms with Crippen molar-refractivity contribution >= 4 is 53.5 Å². The van der Waals surface area contributed by atoms with E-state index < -0.39 is 144 Å². The van der Waals surface area contributed by atoms with E-state index in [1.165, 1.54) is 102 Å². The third kappa shape index (κ3) is 13.7. The molecule has 2 bridgehead atoms. The van der Waals surface area contributed by atoms with E-state index in [0.717, 1.165) is 44.4 Å². The number of carbonyl (C=O) groups is 9. The van der Waals surface area contributed by atoms with Crippen molar-refractivity contribution in [2.75, 3.05) is 13.2 Å². The summed E-state index contributed by atoms with van der Waals surface area (Å²) >= 11 is 0. The van der Waals surface area contributed by atoms with Gasteiger partial charge in [-0.15, -0.1) is 0 Å². The van der Waals surface area contributed by atoms with Crippen LogP contribution in [0.15, 0.2) is 114 Å². The minimum absolute atomic E-state index is 0.0154. The van der Waals surface area contributed by atoms with E-state index in [1.807, 2.05) is 0 Å². The van der Waals surface area contributed by atoms with E-state index in [-0.39, 0.29) is 58.8 Å². The van der Waals surface area contributed by atoms with E-state index in [1.54, 1.807) is 66.7 Å². The number of ether oxygens (including phenoxy) is 8. The Morgan fingerprint density at radius 2 is 1.39 bits per heavy atom. The Morgan fingerprint density at radius 3 is 2.03 bits per heavy atom. The van der Waals surface area contributed by atoms with E-state index in [0.29, 0.717) is 36.0 Å². The Hall–Kier alpha value is -7.55. The molecule has 20 nitrogen and oxygen atoms in total. The van der Waals surface area contributed by atoms with Gasteiger partial charge in [-0.05, 0) is 146 Å². The quantitative estimate of drug-likeness (QED) is 0.0479. The van der Waals surface area contributed by atoms with Gasteiger partial charge in [-0.1, -0.05) is 146 Å². The summed E-state index contributed by atoms with van der Waals surface area (Å²) in [5, 5.41) is 29.3. The molecule has 3 N–H and O–H groups in total. The number of allylic oxidation sites excluding steroid dienone is 1. The number of Topliss-reactive ketones (excluding diaryl/α,β-unsaturated/α-hetero) is 1. The lowest BCUT2D eigenvalue weighted by Gasteiger charge is -2.67. The van der Waals surface area contributed by atoms with Gasteiger partial charge in [0.25, 0.3) is 5.91 Å². The molecule has 1 amide bonds. The number of nitrogens with one attached hydrogen (secondary N) is 1. The molecule has 100 heavy (non-hydrogen) atoms. The van der Waals surface area contributed by atoms with Gasteiger partial charge in [0.2, 0.25) is 6.10 Å². The number of hydrogen-bond acceptors (Lipinski definition) is 19. The van der Waals surface area contributed by atoms with Crippen LogP contribution < -0.4 is 5.32 Å². The van der Waals surface area contributed by atoms with Gasteiger partial charge in [0.15, 0.2) is 24.1 Å². The molecule has 7 aliphatic carbocycles. The number of hydrogen-bond donors (Lipinski definition) is 3. The number of aliphatic hydroxyl groups is 2. The fraction of sp³-hybridized carbons (Fsp3) is 0.613. The molecule has 0 aromatic heterocycles. The summed E-state index contributed by atoms with van der Waals surface area (Å²) in [5.41, 5.74) is -6.23. The Balaban J connectivity index is 0.830. The molecule has 19 atom stereocenters. The lowest BCUT2D eigenvalue weighted by molar-refractivity contribution is -0.346. The van der Waals surface area contributed by atoms with E-state index in [4.69, 9.17) is 37.9 Å². The number of carbonyl (C=O) groups excluding carboxylic acids is 9. The normalized spacial score (nSPS) is 33.9. The van der Waals surface area contributed by atoms with Gasteiger partial charge in [0.05, 0.1) is 42.4 Å². The fourth-order valence-electron chi connectivity index (χ4n) is 19.9. The third-order valence-corrected chi connectivity index (χ3v) is 25.2. The Bertz CT molecular complexity index is 3660. The second kappa shape index (κ2) is 29.1. The van der Waals surface area contributed by atoms with Crippen molar-refractivity contribution in [3.05, 3.63) is 130 Å². The van der Waals surface area contributed by atoms with Crippen molar-refractivity contribution < 1.29 is 91.3 Å². The smallest absolute Gasteiger partial charge is 0.350 e. The first kappa shape index (κ1) is 73.7. The summed E-state index contributed by atoms with van der Waals surface area (Å²) in [6.45, 7) is 18.8. The summed E-state index contributed by atoms with van der Waals surface area (Å²) < 4.78 is 48.6. The third-order valence-electron chi connectivity index (χ3n) is 25.2. The molecule has 0 radical (unpaired) electrons. The minimum Gasteiger partial charge on any atom is -0.462 e. The molecule has 5 unspecified atom stereocenters. The number of esters is 7. The number of rotatable bonds is 22. The van der Waals surface area contributed by atoms with E-state index in [2.05, 4.69) is 46.0 Å². The maximum absolute atomic E-state index is 16.0. The lowest BCUT2D eigenvalue weighted by Crippen LogP contribution is -2.82. The first-order valence-electron chi connectivity index (χ1n) is 36.1. The standard InChI is InChI=1S/C80H101NO19/c1-45(2)22-21-23-46(3)56-32-33-57-55-31-30-53-40-54(36-38-76(53,9)58(55)37-39-77(56,57)10)96-63(86)35-34-62(85)93-43-64(87)98-68(66(50-24-15-12-16-25-50)81-72(89)51-26-17-13-18-27-51)74(91)97-59-42-80(92)71(99-73(90)52-28-19-14-20-29-52)69-78(11,60(84)41-61-79(69,44-94-61)100-49(6)83)70(88)67(95-48(5)82)65(47(59)4)75(80,7)8/h12-20,24-30,45-46,54-61,66-69,71,84,92H,21-23,31-44H2,1-11H3,(H,81,89)/t46?,54-,55?,56?,57?,58?,59-,60-,61+,66-,67+,68+,69-,71-,76-,77+,78+,79-,80+/m0/s1. The highest BCUT2D eigenvalue weighted by Crippen LogP contribution is 2.68. The Kier molecular flexibility index (Phi) is 21.4. The molecular formula is C80H101NO19. The van der Waals surface area contributed by atoms with Crippen LogP contribution in [0.2, 0.25) is 0 Å². The molecule has 8 aliphatic rings. The SMILES string of the molecule is CC(=O)O[C@H]1C(=O)[C@@]2(C)[C@H]([C@H](OC(=O)c3ccccc3)[C@]3(O)C[C@H](OC(=O)[C@H](OC(=O)COC(=O)CCC(=O)O[C@H]4CC[C@@]5(C)C(=CCC6C7CCC(C(C)CCCC(C)C)[C@@]7(C)CCC65)C4)[C@@H](NC(=O)c4ccccc4)c4ccccc4)C(C)=C1C3(C)C)[C@]1(OC(C)=O)CO[C@@H]1C[C@@H]2O. The summed E-state index contributed by atoms with van der Waals surface area (Å²) in [5.74, 6) is -6.06. The number of aliphatic hydroxyl groups excluding tert-OH is 1. The average Bonchev–Trinajstić information content (AvgIpc) is 0.745. The average molecular weight is 1380 g/mol. The van der Waals surface area contributed by atoms with Crippen LogP contribution in [0.4, 0.5) is 0 Å². The molecule has 11 rings (SSSR count). The molecule has 6 fully saturated rings. The highest BCUT2D eigenvalue weighted by molar-refractivity contribution is 5.96. The van der Waals surface area contributed by atoms with Gasteiger partial charge in [-0.2, -0.15) is 0 Å². The molecular weight excluding hydrogens is 1280 g/mol. The second-order valence-electron chi connectivity index (χ2n) is 31.6. The van der Waals surface area contributed by atoms with Crippen LogP contribution in [0.1, 0.15) is 205 Å². The first-order chi connectivity index (χ1) is 47.4. The fourth-order valence-corrected chi connectivity index (χ4v) is 19.9. The van der Waals surface area contributed by atoms with Crippen LogP contribution in [0.5, 0.6) is 0 Å². The van der Waals surface area contributed by atoms with Crippen LogP contribution in [0.25, 0.3) is 0 Å². The summed E-state index contributed by atoms with van der Waals surface area (Å²) in [4.78, 5) is 129.